The predicted molar refractivity (Wildman–Crippen MR) is 110 cm³/mol. The monoisotopic (exact) mass is 424 g/mol. The summed E-state index contributed by atoms with van der Waals surface area (Å²) in [5.74, 6) is -0.387. The summed E-state index contributed by atoms with van der Waals surface area (Å²) in [7, 11) is 1.91. The lowest BCUT2D eigenvalue weighted by atomic mass is 9.83. The van der Waals surface area contributed by atoms with Gasteiger partial charge in [-0.25, -0.2) is 0 Å². The van der Waals surface area contributed by atoms with Crippen LogP contribution in [0.1, 0.15) is 24.8 Å². The van der Waals surface area contributed by atoms with Gasteiger partial charge in [-0.05, 0) is 24.1 Å². The second kappa shape index (κ2) is 8.33. The number of hydrogen-bond donors (Lipinski definition) is 0. The summed E-state index contributed by atoms with van der Waals surface area (Å²) >= 11 is 12.1. The van der Waals surface area contributed by atoms with Crippen LogP contribution in [-0.2, 0) is 20.7 Å². The Labute approximate surface area is 176 Å². The number of hydrogen-bond acceptors (Lipinski definition) is 4. The van der Waals surface area contributed by atoms with Crippen LogP contribution in [0.15, 0.2) is 30.4 Å². The third-order valence-corrected chi connectivity index (χ3v) is 6.88. The number of halogens is 2. The molecule has 7 heteroatoms. The van der Waals surface area contributed by atoms with E-state index in [0.29, 0.717) is 29.7 Å². The number of carbonyl (C=O) groups is 1. The van der Waals surface area contributed by atoms with Crippen LogP contribution in [0.5, 0.6) is 0 Å². The van der Waals surface area contributed by atoms with Crippen LogP contribution in [0.3, 0.4) is 0 Å². The van der Waals surface area contributed by atoms with Gasteiger partial charge in [0.15, 0.2) is 5.79 Å². The Morgan fingerprint density at radius 2 is 1.93 bits per heavy atom. The minimum atomic E-state index is -0.475. The Balaban J connectivity index is 1.48. The van der Waals surface area contributed by atoms with Crippen molar-refractivity contribution < 1.29 is 14.3 Å². The summed E-state index contributed by atoms with van der Waals surface area (Å²) in [5.41, 5.74) is 0.875. The zero-order valence-corrected chi connectivity index (χ0v) is 17.6. The van der Waals surface area contributed by atoms with E-state index in [2.05, 4.69) is 17.1 Å². The van der Waals surface area contributed by atoms with E-state index in [1.165, 1.54) is 0 Å². The second-order valence-corrected chi connectivity index (χ2v) is 8.65. The molecule has 1 saturated heterocycles. The molecular formula is C21H26Cl2N2O3. The summed E-state index contributed by atoms with van der Waals surface area (Å²) in [4.78, 5) is 17.4. The highest BCUT2D eigenvalue weighted by atomic mass is 35.5. The van der Waals surface area contributed by atoms with Gasteiger partial charge in [0.2, 0.25) is 5.91 Å². The van der Waals surface area contributed by atoms with Crippen molar-refractivity contribution in [1.29, 1.82) is 0 Å². The van der Waals surface area contributed by atoms with Gasteiger partial charge in [0, 0.05) is 45.1 Å². The smallest absolute Gasteiger partial charge is 0.227 e. The average molecular weight is 425 g/mol. The lowest BCUT2D eigenvalue weighted by Gasteiger charge is -2.47. The number of carbonyl (C=O) groups excluding carboxylic acids is 1. The van der Waals surface area contributed by atoms with Crippen molar-refractivity contribution in [1.82, 2.24) is 9.80 Å². The Bertz CT molecular complexity index is 756. The van der Waals surface area contributed by atoms with Crippen molar-refractivity contribution in [3.63, 3.8) is 0 Å². The minimum absolute atomic E-state index is 0.0877. The second-order valence-electron chi connectivity index (χ2n) is 7.84. The molecule has 152 valence electrons. The fourth-order valence-electron chi connectivity index (χ4n) is 4.60. The van der Waals surface area contributed by atoms with Gasteiger partial charge >= 0.3 is 0 Å². The van der Waals surface area contributed by atoms with E-state index in [-0.39, 0.29) is 18.0 Å². The normalized spacial score (nSPS) is 26.8. The van der Waals surface area contributed by atoms with Crippen LogP contribution < -0.4 is 0 Å². The third kappa shape index (κ3) is 4.10. The zero-order valence-electron chi connectivity index (χ0n) is 16.1. The van der Waals surface area contributed by atoms with Crippen LogP contribution in [0.25, 0.3) is 0 Å². The number of rotatable bonds is 4. The maximum absolute atomic E-state index is 13.0. The van der Waals surface area contributed by atoms with E-state index < -0.39 is 5.79 Å². The average Bonchev–Trinajstić information content (AvgIpc) is 3.37. The van der Waals surface area contributed by atoms with E-state index in [1.54, 1.807) is 12.1 Å². The highest BCUT2D eigenvalue weighted by Crippen LogP contribution is 2.40. The molecule has 1 aromatic carbocycles. The lowest BCUT2D eigenvalue weighted by Crippen LogP contribution is -2.58. The molecule has 1 saturated carbocycles. The summed E-state index contributed by atoms with van der Waals surface area (Å²) in [6.07, 6.45) is 7.17. The summed E-state index contributed by atoms with van der Waals surface area (Å²) in [5, 5.41) is 0.979. The summed E-state index contributed by atoms with van der Waals surface area (Å²) in [6.45, 7) is 3.13. The highest BCUT2D eigenvalue weighted by Gasteiger charge is 2.48. The largest absolute Gasteiger partial charge is 0.347 e. The third-order valence-electron chi connectivity index (χ3n) is 6.14. The lowest BCUT2D eigenvalue weighted by molar-refractivity contribution is -0.198. The molecule has 28 heavy (non-hydrogen) atoms. The molecule has 1 spiro atoms. The minimum Gasteiger partial charge on any atom is -0.347 e. The summed E-state index contributed by atoms with van der Waals surface area (Å²) < 4.78 is 12.0. The molecule has 2 heterocycles. The van der Waals surface area contributed by atoms with Gasteiger partial charge in [0.25, 0.3) is 0 Å². The van der Waals surface area contributed by atoms with Crippen molar-refractivity contribution >= 4 is 29.1 Å². The fraction of sp³-hybridized carbons (Fsp3) is 0.571. The van der Waals surface area contributed by atoms with Gasteiger partial charge in [-0.15, -0.1) is 0 Å². The molecule has 0 N–H and O–H groups in total. The van der Waals surface area contributed by atoms with Crippen LogP contribution in [0, 0.1) is 0 Å². The van der Waals surface area contributed by atoms with Crippen molar-refractivity contribution in [3.8, 4) is 0 Å². The molecule has 0 aromatic heterocycles. The molecule has 1 amide bonds. The van der Waals surface area contributed by atoms with E-state index >= 15 is 0 Å². The molecule has 4 rings (SSSR count). The molecule has 0 bridgehead atoms. The molecule has 2 atom stereocenters. The first kappa shape index (κ1) is 20.2. The summed E-state index contributed by atoms with van der Waals surface area (Å²) in [6, 6.07) is 5.72. The topological polar surface area (TPSA) is 42.0 Å². The Kier molecular flexibility index (Phi) is 6.00. The van der Waals surface area contributed by atoms with Gasteiger partial charge in [0.05, 0.1) is 29.7 Å². The highest BCUT2D eigenvalue weighted by molar-refractivity contribution is 6.42. The van der Waals surface area contributed by atoms with Crippen LogP contribution >= 0.6 is 23.2 Å². The molecule has 2 unspecified atom stereocenters. The number of nitrogens with zero attached hydrogens (tertiary/aromatic N) is 2. The molecule has 1 aliphatic carbocycles. The van der Waals surface area contributed by atoms with E-state index in [9.17, 15) is 4.79 Å². The molecule has 0 radical (unpaired) electrons. The first-order valence-corrected chi connectivity index (χ1v) is 10.6. The van der Waals surface area contributed by atoms with E-state index in [1.807, 2.05) is 18.0 Å². The first-order chi connectivity index (χ1) is 13.5. The molecule has 5 nitrogen and oxygen atoms in total. The number of amides is 1. The van der Waals surface area contributed by atoms with Crippen LogP contribution in [0.2, 0.25) is 10.0 Å². The van der Waals surface area contributed by atoms with Gasteiger partial charge in [-0.3, -0.25) is 9.69 Å². The van der Waals surface area contributed by atoms with E-state index in [4.69, 9.17) is 32.7 Å². The maximum atomic E-state index is 13.0. The maximum Gasteiger partial charge on any atom is 0.227 e. The standard InChI is InChI=1S/C21H26Cl2N2O3/c1-24(20(26)13-15-4-5-16(22)17(23)12-15)18-6-7-21(27-10-11-28-21)14-19(18)25-8-2-3-9-25/h2-5,12,18-19H,6-11,13-14H2,1H3. The van der Waals surface area contributed by atoms with Crippen molar-refractivity contribution in [2.45, 2.75) is 43.6 Å². The van der Waals surface area contributed by atoms with Gasteiger partial charge in [-0.1, -0.05) is 41.4 Å². The Hall–Kier alpha value is -1.11. The van der Waals surface area contributed by atoms with Crippen LogP contribution in [-0.4, -0.2) is 66.9 Å². The van der Waals surface area contributed by atoms with Gasteiger partial charge < -0.3 is 14.4 Å². The Morgan fingerprint density at radius 3 is 2.61 bits per heavy atom. The van der Waals surface area contributed by atoms with Gasteiger partial charge in [-0.2, -0.15) is 0 Å². The van der Waals surface area contributed by atoms with E-state index in [0.717, 1.165) is 37.9 Å². The number of likely N-dealkylation sites (N-methyl/N-ethyl adjacent to an activating group) is 1. The molecule has 1 aromatic rings. The number of ether oxygens (including phenoxy) is 2. The number of benzene rings is 1. The van der Waals surface area contributed by atoms with Crippen molar-refractivity contribution in [2.24, 2.45) is 0 Å². The predicted octanol–water partition coefficient (Wildman–Crippen LogP) is 3.53. The fourth-order valence-corrected chi connectivity index (χ4v) is 4.92. The SMILES string of the molecule is CN(C(=O)Cc1ccc(Cl)c(Cl)c1)C1CCC2(CC1N1CC=CC1)OCCO2. The molecule has 2 aliphatic heterocycles. The molecule has 2 fully saturated rings. The molecular weight excluding hydrogens is 399 g/mol. The quantitative estimate of drug-likeness (QED) is 0.693. The molecule has 3 aliphatic rings. The van der Waals surface area contributed by atoms with Crippen LogP contribution in [0.4, 0.5) is 0 Å². The zero-order chi connectivity index (χ0) is 19.7. The Morgan fingerprint density at radius 1 is 1.21 bits per heavy atom. The van der Waals surface area contributed by atoms with Crippen molar-refractivity contribution in [3.05, 3.63) is 46.0 Å². The van der Waals surface area contributed by atoms with Crippen molar-refractivity contribution in [2.75, 3.05) is 33.4 Å². The van der Waals surface area contributed by atoms with Gasteiger partial charge in [0.1, 0.15) is 0 Å². The first-order valence-electron chi connectivity index (χ1n) is 9.84.